The van der Waals surface area contributed by atoms with Gasteiger partial charge in [-0.2, -0.15) is 5.10 Å². The van der Waals surface area contributed by atoms with Crippen molar-refractivity contribution in [2.24, 2.45) is 0 Å². The van der Waals surface area contributed by atoms with Crippen LogP contribution in [0.25, 0.3) is 0 Å². The molecule has 0 fully saturated rings. The Bertz CT molecular complexity index is 422. The largest absolute Gasteiger partial charge is 0.343 e. The number of fused-ring (bicyclic) bond motifs is 1. The second-order valence-electron chi connectivity index (χ2n) is 4.58. The van der Waals surface area contributed by atoms with Crippen molar-refractivity contribution in [3.05, 3.63) is 17.0 Å². The SMILES string of the molecule is Cc1c(C(=O)N(C)C)nn2c1CN(C)CC2. The summed E-state index contributed by atoms with van der Waals surface area (Å²) in [6.45, 7) is 4.71. The Hall–Kier alpha value is -1.36. The van der Waals surface area contributed by atoms with Gasteiger partial charge in [0.05, 0.1) is 12.2 Å². The van der Waals surface area contributed by atoms with Gasteiger partial charge >= 0.3 is 0 Å². The Kier molecular flexibility index (Phi) is 2.71. The minimum Gasteiger partial charge on any atom is -0.343 e. The summed E-state index contributed by atoms with van der Waals surface area (Å²) in [6, 6.07) is 0. The average Bonchev–Trinajstić information content (AvgIpc) is 2.55. The van der Waals surface area contributed by atoms with Gasteiger partial charge in [-0.25, -0.2) is 0 Å². The molecular weight excluding hydrogens is 204 g/mol. The maximum absolute atomic E-state index is 11.9. The molecule has 0 aliphatic carbocycles. The van der Waals surface area contributed by atoms with E-state index >= 15 is 0 Å². The minimum atomic E-state index is -0.0120. The van der Waals surface area contributed by atoms with E-state index in [1.165, 1.54) is 5.69 Å². The number of amides is 1. The number of hydrogen-bond donors (Lipinski definition) is 0. The lowest BCUT2D eigenvalue weighted by Gasteiger charge is -2.23. The lowest BCUT2D eigenvalue weighted by Crippen LogP contribution is -2.30. The van der Waals surface area contributed by atoms with E-state index in [2.05, 4.69) is 17.0 Å². The molecule has 0 saturated heterocycles. The second-order valence-corrected chi connectivity index (χ2v) is 4.58. The van der Waals surface area contributed by atoms with Gasteiger partial charge in [-0.15, -0.1) is 0 Å². The zero-order chi connectivity index (χ0) is 11.9. The summed E-state index contributed by atoms with van der Waals surface area (Å²) in [5.74, 6) is -0.0120. The van der Waals surface area contributed by atoms with Crippen molar-refractivity contribution in [3.8, 4) is 0 Å². The van der Waals surface area contributed by atoms with Crippen molar-refractivity contribution in [1.82, 2.24) is 19.6 Å². The first-order valence-corrected chi connectivity index (χ1v) is 5.47. The van der Waals surface area contributed by atoms with E-state index in [9.17, 15) is 4.79 Å². The first-order valence-electron chi connectivity index (χ1n) is 5.47. The lowest BCUT2D eigenvalue weighted by molar-refractivity contribution is 0.0820. The number of carbonyl (C=O) groups excluding carboxylic acids is 1. The minimum absolute atomic E-state index is 0.0120. The molecular formula is C11H18N4O. The zero-order valence-electron chi connectivity index (χ0n) is 10.3. The standard InChI is InChI=1S/C11H18N4O/c1-8-9-7-14(4)5-6-15(9)12-10(8)11(16)13(2)3/h5-7H2,1-4H3. The van der Waals surface area contributed by atoms with Crippen molar-refractivity contribution in [3.63, 3.8) is 0 Å². The molecule has 16 heavy (non-hydrogen) atoms. The van der Waals surface area contributed by atoms with Crippen LogP contribution in [0.2, 0.25) is 0 Å². The van der Waals surface area contributed by atoms with Gasteiger partial charge in [0.25, 0.3) is 5.91 Å². The molecule has 0 aromatic carbocycles. The van der Waals surface area contributed by atoms with Crippen LogP contribution in [0.3, 0.4) is 0 Å². The highest BCUT2D eigenvalue weighted by atomic mass is 16.2. The maximum atomic E-state index is 11.9. The van der Waals surface area contributed by atoms with E-state index in [1.54, 1.807) is 19.0 Å². The molecule has 0 saturated carbocycles. The second kappa shape index (κ2) is 3.90. The van der Waals surface area contributed by atoms with Crippen LogP contribution in [0.5, 0.6) is 0 Å². The van der Waals surface area contributed by atoms with E-state index in [4.69, 9.17) is 0 Å². The molecule has 0 radical (unpaired) electrons. The van der Waals surface area contributed by atoms with Crippen LogP contribution >= 0.6 is 0 Å². The summed E-state index contributed by atoms with van der Waals surface area (Å²) >= 11 is 0. The fraction of sp³-hybridized carbons (Fsp3) is 0.636. The molecule has 1 aliphatic heterocycles. The van der Waals surface area contributed by atoms with Gasteiger partial charge in [0.15, 0.2) is 5.69 Å². The normalized spacial score (nSPS) is 16.0. The predicted octanol–water partition coefficient (Wildman–Crippen LogP) is 0.339. The number of carbonyl (C=O) groups is 1. The lowest BCUT2D eigenvalue weighted by atomic mass is 10.1. The highest BCUT2D eigenvalue weighted by Gasteiger charge is 2.24. The Balaban J connectivity index is 2.40. The molecule has 0 atom stereocenters. The summed E-state index contributed by atoms with van der Waals surface area (Å²) in [5.41, 5.74) is 2.78. The summed E-state index contributed by atoms with van der Waals surface area (Å²) in [6.07, 6.45) is 0. The van der Waals surface area contributed by atoms with Crippen molar-refractivity contribution in [2.45, 2.75) is 20.0 Å². The molecule has 0 N–H and O–H groups in total. The van der Waals surface area contributed by atoms with Crippen LogP contribution in [0.1, 0.15) is 21.7 Å². The van der Waals surface area contributed by atoms with E-state index in [0.29, 0.717) is 5.69 Å². The van der Waals surface area contributed by atoms with Gasteiger partial charge in [0.1, 0.15) is 0 Å². The molecule has 0 unspecified atom stereocenters. The molecule has 1 aliphatic rings. The smallest absolute Gasteiger partial charge is 0.274 e. The zero-order valence-corrected chi connectivity index (χ0v) is 10.3. The molecule has 2 heterocycles. The van der Waals surface area contributed by atoms with E-state index in [-0.39, 0.29) is 5.91 Å². The third-order valence-corrected chi connectivity index (χ3v) is 3.04. The van der Waals surface area contributed by atoms with Crippen LogP contribution in [-0.4, -0.2) is 53.2 Å². The average molecular weight is 222 g/mol. The Morgan fingerprint density at radius 2 is 2.06 bits per heavy atom. The Labute approximate surface area is 95.6 Å². The number of likely N-dealkylation sites (N-methyl/N-ethyl adjacent to an activating group) is 1. The number of rotatable bonds is 1. The van der Waals surface area contributed by atoms with E-state index in [0.717, 1.165) is 25.2 Å². The van der Waals surface area contributed by atoms with Crippen LogP contribution in [-0.2, 0) is 13.1 Å². The van der Waals surface area contributed by atoms with Gasteiger partial charge in [0.2, 0.25) is 0 Å². The van der Waals surface area contributed by atoms with Gasteiger partial charge in [-0.1, -0.05) is 0 Å². The van der Waals surface area contributed by atoms with Crippen LogP contribution in [0, 0.1) is 6.92 Å². The molecule has 1 amide bonds. The van der Waals surface area contributed by atoms with Gasteiger partial charge in [-0.3, -0.25) is 14.4 Å². The third kappa shape index (κ3) is 1.71. The van der Waals surface area contributed by atoms with Crippen molar-refractivity contribution >= 4 is 5.91 Å². The summed E-state index contributed by atoms with van der Waals surface area (Å²) in [7, 11) is 5.60. The van der Waals surface area contributed by atoms with Crippen molar-refractivity contribution in [2.75, 3.05) is 27.7 Å². The summed E-state index contributed by atoms with van der Waals surface area (Å²) in [4.78, 5) is 15.7. The van der Waals surface area contributed by atoms with Crippen molar-refractivity contribution < 1.29 is 4.79 Å². The van der Waals surface area contributed by atoms with E-state index in [1.807, 2.05) is 11.6 Å². The van der Waals surface area contributed by atoms with Gasteiger partial charge in [-0.05, 0) is 14.0 Å². The summed E-state index contributed by atoms with van der Waals surface area (Å²) < 4.78 is 1.96. The third-order valence-electron chi connectivity index (χ3n) is 3.04. The molecule has 0 spiro atoms. The van der Waals surface area contributed by atoms with Crippen molar-refractivity contribution in [1.29, 1.82) is 0 Å². The summed E-state index contributed by atoms with van der Waals surface area (Å²) in [5, 5.41) is 4.40. The molecule has 2 rings (SSSR count). The first kappa shape index (κ1) is 11.1. The Morgan fingerprint density at radius 3 is 2.69 bits per heavy atom. The number of hydrogen-bond acceptors (Lipinski definition) is 3. The van der Waals surface area contributed by atoms with Crippen LogP contribution in [0.4, 0.5) is 0 Å². The molecule has 5 heteroatoms. The topological polar surface area (TPSA) is 41.4 Å². The molecule has 1 aromatic rings. The fourth-order valence-corrected chi connectivity index (χ4v) is 1.99. The molecule has 5 nitrogen and oxygen atoms in total. The van der Waals surface area contributed by atoms with Crippen LogP contribution in [0.15, 0.2) is 0 Å². The fourth-order valence-electron chi connectivity index (χ4n) is 1.99. The number of aromatic nitrogens is 2. The van der Waals surface area contributed by atoms with E-state index < -0.39 is 0 Å². The van der Waals surface area contributed by atoms with Gasteiger partial charge in [0, 0.05) is 32.7 Å². The molecule has 1 aromatic heterocycles. The predicted molar refractivity (Wildman–Crippen MR) is 61.3 cm³/mol. The highest BCUT2D eigenvalue weighted by molar-refractivity contribution is 5.93. The molecule has 88 valence electrons. The number of nitrogens with zero attached hydrogens (tertiary/aromatic N) is 4. The quantitative estimate of drug-likeness (QED) is 0.688. The maximum Gasteiger partial charge on any atom is 0.274 e. The van der Waals surface area contributed by atoms with Gasteiger partial charge < -0.3 is 4.90 Å². The van der Waals surface area contributed by atoms with Crippen LogP contribution < -0.4 is 0 Å². The Morgan fingerprint density at radius 1 is 1.38 bits per heavy atom. The monoisotopic (exact) mass is 222 g/mol. The first-order chi connectivity index (χ1) is 7.50. The highest BCUT2D eigenvalue weighted by Crippen LogP contribution is 2.19. The molecule has 0 bridgehead atoms.